The van der Waals surface area contributed by atoms with Gasteiger partial charge in [-0.1, -0.05) is 18.2 Å². The van der Waals surface area contributed by atoms with Crippen molar-refractivity contribution in [2.24, 2.45) is 0 Å². The molecule has 0 unspecified atom stereocenters. The number of ether oxygens (including phenoxy) is 1. The number of alkyl halides is 3. The number of aromatic nitrogens is 3. The molecule has 0 radical (unpaired) electrons. The molecular formula is C21H20F3N5O3S. The standard InChI is InChI=1S/C21H20F3N5O3S/c22-21(23,24)14-5-7-15(8-6-14)33(30,31)27-9-11-32-12-10-29-13-26-18-19(29)16-3-1-2-4-17(16)28-20(18)25/h1-8,13,27H,9-12H2,(H2,25,28). The van der Waals surface area contributed by atoms with Gasteiger partial charge in [0.05, 0.1) is 41.0 Å². The first-order chi connectivity index (χ1) is 15.7. The van der Waals surface area contributed by atoms with E-state index in [0.717, 1.165) is 40.7 Å². The van der Waals surface area contributed by atoms with Gasteiger partial charge in [0.2, 0.25) is 10.0 Å². The van der Waals surface area contributed by atoms with Crippen LogP contribution in [0.1, 0.15) is 5.56 Å². The summed E-state index contributed by atoms with van der Waals surface area (Å²) < 4.78 is 72.1. The first-order valence-corrected chi connectivity index (χ1v) is 11.4. The maximum atomic E-state index is 12.6. The van der Waals surface area contributed by atoms with Crippen molar-refractivity contribution in [1.29, 1.82) is 0 Å². The van der Waals surface area contributed by atoms with Crippen LogP contribution in [0, 0.1) is 0 Å². The fourth-order valence-corrected chi connectivity index (χ4v) is 4.41. The average molecular weight is 479 g/mol. The minimum atomic E-state index is -4.53. The zero-order valence-corrected chi connectivity index (χ0v) is 18.0. The van der Waals surface area contributed by atoms with E-state index in [-0.39, 0.29) is 24.7 Å². The number of nitrogens with one attached hydrogen (secondary N) is 1. The maximum Gasteiger partial charge on any atom is 0.416 e. The molecule has 8 nitrogen and oxygen atoms in total. The fraction of sp³-hybridized carbons (Fsp3) is 0.238. The number of rotatable bonds is 8. The lowest BCUT2D eigenvalue weighted by molar-refractivity contribution is -0.137. The Hall–Kier alpha value is -3.22. The normalized spacial score (nSPS) is 12.6. The van der Waals surface area contributed by atoms with Crippen LogP contribution >= 0.6 is 0 Å². The van der Waals surface area contributed by atoms with Crippen LogP contribution in [0.2, 0.25) is 0 Å². The Kier molecular flexibility index (Phi) is 6.23. The van der Waals surface area contributed by atoms with Gasteiger partial charge in [0.1, 0.15) is 5.52 Å². The van der Waals surface area contributed by atoms with Gasteiger partial charge in [0, 0.05) is 18.5 Å². The molecule has 0 aliphatic heterocycles. The third-order valence-electron chi connectivity index (χ3n) is 4.99. The SMILES string of the molecule is Nc1nc2ccccc2c2c1ncn2CCOCCNS(=O)(=O)c1ccc(C(F)(F)F)cc1. The summed E-state index contributed by atoms with van der Waals surface area (Å²) in [7, 11) is -3.94. The molecule has 12 heteroatoms. The molecule has 0 spiro atoms. The summed E-state index contributed by atoms with van der Waals surface area (Å²) in [5.41, 5.74) is 7.28. The maximum absolute atomic E-state index is 12.6. The summed E-state index contributed by atoms with van der Waals surface area (Å²) in [6, 6.07) is 10.9. The van der Waals surface area contributed by atoms with E-state index in [1.54, 1.807) is 6.33 Å². The van der Waals surface area contributed by atoms with Gasteiger partial charge in [-0.25, -0.2) is 23.1 Å². The number of hydrogen-bond donors (Lipinski definition) is 2. The van der Waals surface area contributed by atoms with Crippen molar-refractivity contribution in [1.82, 2.24) is 19.3 Å². The number of pyridine rings is 1. The molecule has 2 aromatic carbocycles. The van der Waals surface area contributed by atoms with Crippen molar-refractivity contribution in [3.8, 4) is 0 Å². The van der Waals surface area contributed by atoms with Crippen molar-refractivity contribution in [3.05, 3.63) is 60.4 Å². The number of nitrogen functional groups attached to an aromatic ring is 1. The summed E-state index contributed by atoms with van der Waals surface area (Å²) in [5.74, 6) is 0.334. The van der Waals surface area contributed by atoms with E-state index in [4.69, 9.17) is 10.5 Å². The second-order valence-corrected chi connectivity index (χ2v) is 8.95. The summed E-state index contributed by atoms with van der Waals surface area (Å²) >= 11 is 0. The minimum absolute atomic E-state index is 0.0339. The number of benzene rings is 2. The highest BCUT2D eigenvalue weighted by molar-refractivity contribution is 7.89. The van der Waals surface area contributed by atoms with E-state index in [2.05, 4.69) is 14.7 Å². The van der Waals surface area contributed by atoms with Crippen LogP contribution in [0.25, 0.3) is 21.9 Å². The molecule has 0 atom stereocenters. The smallest absolute Gasteiger partial charge is 0.382 e. The molecule has 0 saturated carbocycles. The van der Waals surface area contributed by atoms with Gasteiger partial charge in [-0.3, -0.25) is 0 Å². The zero-order valence-electron chi connectivity index (χ0n) is 17.2. The number of anilines is 1. The van der Waals surface area contributed by atoms with Gasteiger partial charge < -0.3 is 15.0 Å². The Morgan fingerprint density at radius 3 is 2.52 bits per heavy atom. The molecule has 2 heterocycles. The van der Waals surface area contributed by atoms with E-state index >= 15 is 0 Å². The van der Waals surface area contributed by atoms with Crippen LogP contribution in [0.3, 0.4) is 0 Å². The Morgan fingerprint density at radius 1 is 1.06 bits per heavy atom. The number of para-hydroxylation sites is 1. The number of sulfonamides is 1. The number of nitrogens with zero attached hydrogens (tertiary/aromatic N) is 3. The van der Waals surface area contributed by atoms with Crippen molar-refractivity contribution >= 4 is 37.8 Å². The summed E-state index contributed by atoms with van der Waals surface area (Å²) in [4.78, 5) is 8.43. The number of nitrogens with two attached hydrogens (primary N) is 1. The molecule has 0 bridgehead atoms. The number of hydrogen-bond acceptors (Lipinski definition) is 6. The van der Waals surface area contributed by atoms with Gasteiger partial charge in [-0.05, 0) is 30.3 Å². The molecular weight excluding hydrogens is 459 g/mol. The quantitative estimate of drug-likeness (QED) is 0.376. The monoisotopic (exact) mass is 479 g/mol. The van der Waals surface area contributed by atoms with Crippen LogP contribution in [0.4, 0.5) is 19.0 Å². The molecule has 4 aromatic rings. The van der Waals surface area contributed by atoms with Crippen LogP contribution in [0.5, 0.6) is 0 Å². The highest BCUT2D eigenvalue weighted by atomic mass is 32.2. The summed E-state index contributed by atoms with van der Waals surface area (Å²) in [5, 5.41) is 0.906. The predicted molar refractivity (Wildman–Crippen MR) is 117 cm³/mol. The van der Waals surface area contributed by atoms with E-state index in [1.807, 2.05) is 28.8 Å². The minimum Gasteiger partial charge on any atom is -0.382 e. The van der Waals surface area contributed by atoms with Gasteiger partial charge in [0.15, 0.2) is 5.82 Å². The van der Waals surface area contributed by atoms with E-state index in [1.165, 1.54) is 0 Å². The third kappa shape index (κ3) is 4.92. The molecule has 4 rings (SSSR count). The van der Waals surface area contributed by atoms with Crippen LogP contribution in [-0.2, 0) is 27.5 Å². The molecule has 3 N–H and O–H groups in total. The lowest BCUT2D eigenvalue weighted by atomic mass is 10.2. The largest absolute Gasteiger partial charge is 0.416 e. The van der Waals surface area contributed by atoms with Crippen LogP contribution in [-0.4, -0.2) is 42.7 Å². The number of halogens is 3. The molecule has 0 fully saturated rings. The van der Waals surface area contributed by atoms with Gasteiger partial charge in [-0.2, -0.15) is 13.2 Å². The van der Waals surface area contributed by atoms with Crippen molar-refractivity contribution in [3.63, 3.8) is 0 Å². The molecule has 0 aliphatic rings. The molecule has 0 aliphatic carbocycles. The van der Waals surface area contributed by atoms with Crippen molar-refractivity contribution in [2.75, 3.05) is 25.5 Å². The number of imidazole rings is 1. The van der Waals surface area contributed by atoms with Gasteiger partial charge in [0.25, 0.3) is 0 Å². The molecule has 33 heavy (non-hydrogen) atoms. The van der Waals surface area contributed by atoms with Gasteiger partial charge in [-0.15, -0.1) is 0 Å². The zero-order chi connectivity index (χ0) is 23.6. The Morgan fingerprint density at radius 2 is 1.79 bits per heavy atom. The number of fused-ring (bicyclic) bond motifs is 3. The first-order valence-electron chi connectivity index (χ1n) is 9.90. The molecule has 2 aromatic heterocycles. The second kappa shape index (κ2) is 8.96. The topological polar surface area (TPSA) is 112 Å². The molecule has 0 saturated heterocycles. The molecule has 0 amide bonds. The van der Waals surface area contributed by atoms with Crippen molar-refractivity contribution < 1.29 is 26.3 Å². The first kappa shape index (κ1) is 23.0. The highest BCUT2D eigenvalue weighted by Gasteiger charge is 2.30. The lowest BCUT2D eigenvalue weighted by Gasteiger charge is -2.10. The third-order valence-corrected chi connectivity index (χ3v) is 6.46. The van der Waals surface area contributed by atoms with E-state index < -0.39 is 21.8 Å². The Labute approximate surface area is 187 Å². The average Bonchev–Trinajstić information content (AvgIpc) is 3.21. The van der Waals surface area contributed by atoms with Crippen LogP contribution < -0.4 is 10.5 Å². The second-order valence-electron chi connectivity index (χ2n) is 7.18. The molecule has 174 valence electrons. The van der Waals surface area contributed by atoms with Crippen molar-refractivity contribution in [2.45, 2.75) is 17.6 Å². The van der Waals surface area contributed by atoms with Crippen LogP contribution in [0.15, 0.2) is 59.8 Å². The van der Waals surface area contributed by atoms with E-state index in [9.17, 15) is 21.6 Å². The summed E-state index contributed by atoms with van der Waals surface area (Å²) in [6.45, 7) is 0.782. The Balaban J connectivity index is 1.32. The van der Waals surface area contributed by atoms with E-state index in [0.29, 0.717) is 17.9 Å². The summed E-state index contributed by atoms with van der Waals surface area (Å²) in [6.07, 6.45) is -2.88. The highest BCUT2D eigenvalue weighted by Crippen LogP contribution is 2.30. The fourth-order valence-electron chi connectivity index (χ4n) is 3.40. The Bertz CT molecular complexity index is 1390. The lowest BCUT2D eigenvalue weighted by Crippen LogP contribution is -2.28. The predicted octanol–water partition coefficient (Wildman–Crippen LogP) is 3.18. The van der Waals surface area contributed by atoms with Gasteiger partial charge >= 0.3 is 6.18 Å².